The Balaban J connectivity index is 1.27. The van der Waals surface area contributed by atoms with Gasteiger partial charge in [0, 0.05) is 36.3 Å². The molecule has 1 aliphatic heterocycles. The van der Waals surface area contributed by atoms with Crippen molar-refractivity contribution >= 4 is 16.8 Å². The lowest BCUT2D eigenvalue weighted by atomic mass is 10.1. The first-order valence-electron chi connectivity index (χ1n) is 12.7. The van der Waals surface area contributed by atoms with Crippen molar-refractivity contribution in [3.05, 3.63) is 89.7 Å². The summed E-state index contributed by atoms with van der Waals surface area (Å²) in [5.41, 5.74) is 3.64. The van der Waals surface area contributed by atoms with E-state index in [1.165, 1.54) is 6.42 Å². The zero-order valence-electron chi connectivity index (χ0n) is 21.1. The van der Waals surface area contributed by atoms with Crippen LogP contribution in [0.2, 0.25) is 0 Å². The highest BCUT2D eigenvalue weighted by Gasteiger charge is 2.17. The zero-order chi connectivity index (χ0) is 25.5. The molecule has 0 atom stereocenters. The van der Waals surface area contributed by atoms with Gasteiger partial charge in [-0.3, -0.25) is 4.79 Å². The van der Waals surface area contributed by atoms with Crippen LogP contribution in [0.1, 0.15) is 36.1 Å². The Bertz CT molecular complexity index is 1350. The van der Waals surface area contributed by atoms with E-state index >= 15 is 0 Å². The van der Waals surface area contributed by atoms with Crippen LogP contribution in [0.4, 0.5) is 0 Å². The lowest BCUT2D eigenvalue weighted by molar-refractivity contribution is -0.134. The van der Waals surface area contributed by atoms with Gasteiger partial charge in [-0.15, -0.1) is 0 Å². The van der Waals surface area contributed by atoms with Crippen molar-refractivity contribution in [2.24, 2.45) is 0 Å². The van der Waals surface area contributed by atoms with E-state index in [9.17, 15) is 4.79 Å². The van der Waals surface area contributed by atoms with Crippen molar-refractivity contribution < 1.29 is 19.0 Å². The molecular weight excluding hydrogens is 466 g/mol. The predicted octanol–water partition coefficient (Wildman–Crippen LogP) is 5.49. The smallest absolute Gasteiger partial charge is 0.260 e. The van der Waals surface area contributed by atoms with Crippen LogP contribution in [-0.2, 0) is 18.0 Å². The van der Waals surface area contributed by atoms with Gasteiger partial charge in [-0.05, 0) is 49.9 Å². The Kier molecular flexibility index (Phi) is 7.79. The minimum atomic E-state index is 0.0108. The van der Waals surface area contributed by atoms with Gasteiger partial charge in [-0.1, -0.05) is 42.5 Å². The molecule has 3 heterocycles. The van der Waals surface area contributed by atoms with Gasteiger partial charge in [0.25, 0.3) is 5.91 Å². The molecule has 1 amide bonds. The second-order valence-corrected chi connectivity index (χ2v) is 9.15. The first kappa shape index (κ1) is 24.6. The number of rotatable bonds is 9. The lowest BCUT2D eigenvalue weighted by Crippen LogP contribution is -2.38. The van der Waals surface area contributed by atoms with E-state index in [1.54, 1.807) is 18.3 Å². The van der Waals surface area contributed by atoms with Crippen molar-refractivity contribution in [3.63, 3.8) is 0 Å². The van der Waals surface area contributed by atoms with Gasteiger partial charge in [-0.25, -0.2) is 9.97 Å². The number of benzene rings is 2. The fourth-order valence-corrected chi connectivity index (χ4v) is 4.46. The average molecular weight is 498 g/mol. The zero-order valence-corrected chi connectivity index (χ0v) is 21.1. The normalized spacial score (nSPS) is 13.4. The second kappa shape index (κ2) is 11.7. The number of ether oxygens (including phenoxy) is 3. The third-order valence-corrected chi connectivity index (χ3v) is 6.54. The summed E-state index contributed by atoms with van der Waals surface area (Å²) < 4.78 is 18.0. The number of hydrogen-bond acceptors (Lipinski definition) is 6. The van der Waals surface area contributed by atoms with Crippen molar-refractivity contribution in [3.8, 4) is 17.4 Å². The van der Waals surface area contributed by atoms with Gasteiger partial charge in [0.15, 0.2) is 6.61 Å². The Morgan fingerprint density at radius 3 is 2.51 bits per heavy atom. The molecule has 7 heteroatoms. The largest absolute Gasteiger partial charge is 0.488 e. The second-order valence-electron chi connectivity index (χ2n) is 9.15. The van der Waals surface area contributed by atoms with Gasteiger partial charge in [0.05, 0.1) is 11.2 Å². The highest BCUT2D eigenvalue weighted by atomic mass is 16.5. The third-order valence-electron chi connectivity index (χ3n) is 6.54. The molecule has 4 aromatic rings. The van der Waals surface area contributed by atoms with Crippen molar-refractivity contribution in [1.82, 2.24) is 14.9 Å². The fourth-order valence-electron chi connectivity index (χ4n) is 4.46. The van der Waals surface area contributed by atoms with Crippen LogP contribution in [0.15, 0.2) is 72.9 Å². The highest BCUT2D eigenvalue weighted by molar-refractivity contribution is 5.86. The number of hydrogen-bond donors (Lipinski definition) is 0. The molecule has 0 bridgehead atoms. The molecule has 5 rings (SSSR count). The van der Waals surface area contributed by atoms with E-state index < -0.39 is 0 Å². The average Bonchev–Trinajstić information content (AvgIpc) is 2.95. The Morgan fingerprint density at radius 2 is 1.68 bits per heavy atom. The SMILES string of the molecule is Cc1c(COc2cc(OCC(=O)N3CCCCC3)ccn2)nc2ccccc2c1OCc1ccccc1. The van der Waals surface area contributed by atoms with Crippen LogP contribution in [0.5, 0.6) is 17.4 Å². The maximum absolute atomic E-state index is 12.4. The molecule has 1 saturated heterocycles. The number of piperidine rings is 1. The van der Waals surface area contributed by atoms with Gasteiger partial charge >= 0.3 is 0 Å². The number of para-hydroxylation sites is 1. The fraction of sp³-hybridized carbons (Fsp3) is 0.300. The summed E-state index contributed by atoms with van der Waals surface area (Å²) in [4.78, 5) is 23.4. The molecule has 0 saturated carbocycles. The van der Waals surface area contributed by atoms with Crippen LogP contribution in [-0.4, -0.2) is 40.5 Å². The monoisotopic (exact) mass is 497 g/mol. The van der Waals surface area contributed by atoms with E-state index in [1.807, 2.05) is 66.4 Å². The molecule has 0 unspecified atom stereocenters. The van der Waals surface area contributed by atoms with E-state index in [0.29, 0.717) is 18.2 Å². The lowest BCUT2D eigenvalue weighted by Gasteiger charge is -2.26. The first-order chi connectivity index (χ1) is 18.2. The third kappa shape index (κ3) is 6.17. The number of likely N-dealkylation sites (tertiary alicyclic amines) is 1. The summed E-state index contributed by atoms with van der Waals surface area (Å²) >= 11 is 0. The van der Waals surface area contributed by atoms with Crippen molar-refractivity contribution in [2.75, 3.05) is 19.7 Å². The topological polar surface area (TPSA) is 73.8 Å². The Hall–Kier alpha value is -4.13. The van der Waals surface area contributed by atoms with Gasteiger partial charge in [0.1, 0.15) is 24.7 Å². The quantitative estimate of drug-likeness (QED) is 0.305. The molecule has 7 nitrogen and oxygen atoms in total. The number of carbonyl (C=O) groups is 1. The molecule has 2 aromatic carbocycles. The minimum absolute atomic E-state index is 0.0108. The van der Waals surface area contributed by atoms with E-state index in [2.05, 4.69) is 4.98 Å². The number of pyridine rings is 2. The number of amides is 1. The molecule has 1 fully saturated rings. The van der Waals surface area contributed by atoms with Gasteiger partial charge < -0.3 is 19.1 Å². The van der Waals surface area contributed by atoms with Crippen molar-refractivity contribution in [2.45, 2.75) is 39.4 Å². The molecule has 37 heavy (non-hydrogen) atoms. The summed E-state index contributed by atoms with van der Waals surface area (Å²) in [5, 5.41) is 0.964. The standard InChI is InChI=1S/C30H31N3O4/c1-22-27(32-26-13-7-6-12-25(26)30(22)37-19-23-10-4-2-5-11-23)20-36-28-18-24(14-15-31-28)35-21-29(34)33-16-8-3-9-17-33/h2,4-7,10-15,18H,3,8-9,16-17,19-21H2,1H3. The van der Waals surface area contributed by atoms with E-state index in [4.69, 9.17) is 19.2 Å². The van der Waals surface area contributed by atoms with Crippen molar-refractivity contribution in [1.29, 1.82) is 0 Å². The molecule has 0 radical (unpaired) electrons. The van der Waals surface area contributed by atoms with E-state index in [0.717, 1.165) is 59.4 Å². The van der Waals surface area contributed by atoms with Gasteiger partial charge in [-0.2, -0.15) is 0 Å². The number of aromatic nitrogens is 2. The van der Waals surface area contributed by atoms with Crippen LogP contribution >= 0.6 is 0 Å². The maximum Gasteiger partial charge on any atom is 0.260 e. The molecule has 0 N–H and O–H groups in total. The first-order valence-corrected chi connectivity index (χ1v) is 12.7. The van der Waals surface area contributed by atoms with Crippen LogP contribution in [0.3, 0.4) is 0 Å². The summed E-state index contributed by atoms with van der Waals surface area (Å²) in [5.74, 6) is 1.77. The summed E-state index contributed by atoms with van der Waals surface area (Å²) in [6, 6.07) is 21.5. The summed E-state index contributed by atoms with van der Waals surface area (Å²) in [7, 11) is 0. The highest BCUT2D eigenvalue weighted by Crippen LogP contribution is 2.31. The molecule has 190 valence electrons. The number of carbonyl (C=O) groups excluding carboxylic acids is 1. The Labute approximate surface area is 217 Å². The van der Waals surface area contributed by atoms with Crippen LogP contribution < -0.4 is 14.2 Å². The van der Waals surface area contributed by atoms with Gasteiger partial charge in [0.2, 0.25) is 5.88 Å². The van der Waals surface area contributed by atoms with Crippen LogP contribution in [0.25, 0.3) is 10.9 Å². The number of fused-ring (bicyclic) bond motifs is 1. The number of nitrogens with zero attached hydrogens (tertiary/aromatic N) is 3. The molecule has 2 aromatic heterocycles. The molecular formula is C30H31N3O4. The van der Waals surface area contributed by atoms with Crippen LogP contribution in [0, 0.1) is 6.92 Å². The maximum atomic E-state index is 12.4. The molecule has 0 aliphatic carbocycles. The Morgan fingerprint density at radius 1 is 0.892 bits per heavy atom. The molecule has 0 spiro atoms. The summed E-state index contributed by atoms with van der Waals surface area (Å²) in [6.07, 6.45) is 4.91. The minimum Gasteiger partial charge on any atom is -0.488 e. The summed E-state index contributed by atoms with van der Waals surface area (Å²) in [6.45, 7) is 4.31. The molecule has 1 aliphatic rings. The predicted molar refractivity (Wildman–Crippen MR) is 142 cm³/mol. The van der Waals surface area contributed by atoms with E-state index in [-0.39, 0.29) is 19.1 Å².